The molecule has 1 amide bonds. The Balaban J connectivity index is 1.88. The minimum Gasteiger partial charge on any atom is -0.393 e. The lowest BCUT2D eigenvalue weighted by atomic mass is 9.94. The van der Waals surface area contributed by atoms with Crippen molar-refractivity contribution in [2.24, 2.45) is 0 Å². The van der Waals surface area contributed by atoms with Crippen molar-refractivity contribution in [1.82, 2.24) is 19.7 Å². The predicted molar refractivity (Wildman–Crippen MR) is 122 cm³/mol. The summed E-state index contributed by atoms with van der Waals surface area (Å²) in [4.78, 5) is 37.8. The molecule has 0 radical (unpaired) electrons. The Morgan fingerprint density at radius 1 is 1.24 bits per heavy atom. The zero-order chi connectivity index (χ0) is 24.2. The first-order chi connectivity index (χ1) is 15.6. The maximum absolute atomic E-state index is 12.9. The molecule has 1 unspecified atom stereocenters. The summed E-state index contributed by atoms with van der Waals surface area (Å²) in [5.41, 5.74) is -3.98. The van der Waals surface area contributed by atoms with Gasteiger partial charge in [-0.3, -0.25) is 14.2 Å². The molecule has 10 nitrogen and oxygen atoms in total. The van der Waals surface area contributed by atoms with Gasteiger partial charge in [-0.25, -0.2) is 4.79 Å². The normalized spacial score (nSPS) is 17.7. The van der Waals surface area contributed by atoms with Gasteiger partial charge >= 0.3 is 5.69 Å². The van der Waals surface area contributed by atoms with Crippen LogP contribution in [-0.2, 0) is 6.54 Å². The number of nitrogens with one attached hydrogen (secondary N) is 1. The fourth-order valence-electron chi connectivity index (χ4n) is 3.87. The Kier molecular flexibility index (Phi) is 7.73. The van der Waals surface area contributed by atoms with Gasteiger partial charge in [0, 0.05) is 6.54 Å². The van der Waals surface area contributed by atoms with Crippen LogP contribution in [0.4, 0.5) is 0 Å². The SMILES string of the molecule is CC(O)(CO)Cn1c(=O)cnn(-c2ccc(Cl)c(C(=O)NCC3(O)CCCCCC3)c2)c1=O. The van der Waals surface area contributed by atoms with E-state index in [1.54, 1.807) is 0 Å². The molecule has 1 aromatic heterocycles. The number of aromatic nitrogens is 3. The van der Waals surface area contributed by atoms with Crippen molar-refractivity contribution < 1.29 is 20.1 Å². The van der Waals surface area contributed by atoms with Crippen LogP contribution in [0.3, 0.4) is 0 Å². The molecule has 1 saturated carbocycles. The molecule has 0 spiro atoms. The van der Waals surface area contributed by atoms with Crippen molar-refractivity contribution in [2.45, 2.75) is 63.2 Å². The molecule has 2 aromatic rings. The molecular weight excluding hydrogens is 452 g/mol. The van der Waals surface area contributed by atoms with E-state index in [-0.39, 0.29) is 22.8 Å². The van der Waals surface area contributed by atoms with Crippen LogP contribution in [0.2, 0.25) is 5.02 Å². The maximum Gasteiger partial charge on any atom is 0.352 e. The minimum absolute atomic E-state index is 0.0835. The molecule has 1 heterocycles. The van der Waals surface area contributed by atoms with Crippen molar-refractivity contribution in [3.63, 3.8) is 0 Å². The number of aliphatic hydroxyl groups is 3. The Morgan fingerprint density at radius 2 is 1.91 bits per heavy atom. The average Bonchev–Trinajstić information content (AvgIpc) is 3.00. The van der Waals surface area contributed by atoms with E-state index in [1.807, 2.05) is 0 Å². The molecule has 1 aliphatic carbocycles. The lowest BCUT2D eigenvalue weighted by molar-refractivity contribution is -0.0139. The number of benzene rings is 1. The number of carbonyl (C=O) groups excluding carboxylic acids is 1. The molecule has 0 aliphatic heterocycles. The van der Waals surface area contributed by atoms with Crippen LogP contribution in [-0.4, -0.2) is 59.9 Å². The third kappa shape index (κ3) is 6.08. The van der Waals surface area contributed by atoms with Gasteiger partial charge in [-0.05, 0) is 38.0 Å². The summed E-state index contributed by atoms with van der Waals surface area (Å²) in [6.07, 6.45) is 6.04. The van der Waals surface area contributed by atoms with Gasteiger partial charge in [-0.1, -0.05) is 37.3 Å². The third-order valence-electron chi connectivity index (χ3n) is 5.85. The van der Waals surface area contributed by atoms with Gasteiger partial charge in [0.15, 0.2) is 0 Å². The molecule has 1 atom stereocenters. The van der Waals surface area contributed by atoms with E-state index in [1.165, 1.54) is 25.1 Å². The van der Waals surface area contributed by atoms with E-state index in [4.69, 9.17) is 11.6 Å². The van der Waals surface area contributed by atoms with E-state index < -0.39 is 41.5 Å². The van der Waals surface area contributed by atoms with Crippen LogP contribution in [0, 0.1) is 0 Å². The second-order valence-electron chi connectivity index (χ2n) is 8.90. The number of nitrogens with zero attached hydrogens (tertiary/aromatic N) is 3. The van der Waals surface area contributed by atoms with Crippen molar-refractivity contribution in [2.75, 3.05) is 13.2 Å². The molecule has 0 saturated heterocycles. The predicted octanol–water partition coefficient (Wildman–Crippen LogP) is 0.606. The maximum atomic E-state index is 12.9. The van der Waals surface area contributed by atoms with Crippen molar-refractivity contribution in [1.29, 1.82) is 0 Å². The Morgan fingerprint density at radius 3 is 2.55 bits per heavy atom. The number of aliphatic hydroxyl groups excluding tert-OH is 1. The zero-order valence-electron chi connectivity index (χ0n) is 18.5. The third-order valence-corrected chi connectivity index (χ3v) is 6.18. The van der Waals surface area contributed by atoms with Crippen LogP contribution < -0.4 is 16.6 Å². The van der Waals surface area contributed by atoms with Crippen molar-refractivity contribution in [3.8, 4) is 5.69 Å². The van der Waals surface area contributed by atoms with Gasteiger partial charge in [0.25, 0.3) is 11.5 Å². The molecule has 33 heavy (non-hydrogen) atoms. The lowest BCUT2D eigenvalue weighted by Gasteiger charge is -2.27. The van der Waals surface area contributed by atoms with E-state index >= 15 is 0 Å². The van der Waals surface area contributed by atoms with E-state index in [0.717, 1.165) is 41.1 Å². The van der Waals surface area contributed by atoms with Crippen molar-refractivity contribution in [3.05, 3.63) is 55.8 Å². The fourth-order valence-corrected chi connectivity index (χ4v) is 4.07. The summed E-state index contributed by atoms with van der Waals surface area (Å²) in [7, 11) is 0. The Bertz CT molecular complexity index is 1120. The Hall–Kier alpha value is -2.53. The Labute approximate surface area is 195 Å². The van der Waals surface area contributed by atoms with E-state index in [2.05, 4.69) is 10.4 Å². The minimum atomic E-state index is -1.69. The highest BCUT2D eigenvalue weighted by molar-refractivity contribution is 6.33. The molecule has 180 valence electrons. The molecular formula is C22H29ClN4O6. The summed E-state index contributed by atoms with van der Waals surface area (Å²) in [6.45, 7) is 0.282. The highest BCUT2D eigenvalue weighted by Gasteiger charge is 2.29. The van der Waals surface area contributed by atoms with Crippen LogP contribution in [0.15, 0.2) is 34.0 Å². The molecule has 4 N–H and O–H groups in total. The zero-order valence-corrected chi connectivity index (χ0v) is 19.2. The largest absolute Gasteiger partial charge is 0.393 e. The fraction of sp³-hybridized carbons (Fsp3) is 0.545. The van der Waals surface area contributed by atoms with E-state index in [9.17, 15) is 29.7 Å². The van der Waals surface area contributed by atoms with Crippen LogP contribution >= 0.6 is 11.6 Å². The molecule has 1 fully saturated rings. The summed E-state index contributed by atoms with van der Waals surface area (Å²) >= 11 is 6.22. The quantitative estimate of drug-likeness (QED) is 0.424. The molecule has 0 bridgehead atoms. The van der Waals surface area contributed by atoms with Gasteiger partial charge in [0.2, 0.25) is 0 Å². The van der Waals surface area contributed by atoms with Gasteiger partial charge in [-0.15, -0.1) is 0 Å². The summed E-state index contributed by atoms with van der Waals surface area (Å²) in [6, 6.07) is 4.26. The molecule has 1 aliphatic rings. The second-order valence-corrected chi connectivity index (χ2v) is 9.31. The number of carbonyl (C=O) groups is 1. The van der Waals surface area contributed by atoms with Crippen LogP contribution in [0.1, 0.15) is 55.8 Å². The number of amides is 1. The second kappa shape index (κ2) is 10.2. The number of hydrogen-bond donors (Lipinski definition) is 4. The summed E-state index contributed by atoms with van der Waals surface area (Å²) in [5, 5.41) is 36.8. The first-order valence-electron chi connectivity index (χ1n) is 10.9. The van der Waals surface area contributed by atoms with Crippen LogP contribution in [0.25, 0.3) is 5.69 Å². The van der Waals surface area contributed by atoms with E-state index in [0.29, 0.717) is 12.8 Å². The monoisotopic (exact) mass is 480 g/mol. The number of halogens is 1. The average molecular weight is 481 g/mol. The van der Waals surface area contributed by atoms with Crippen molar-refractivity contribution >= 4 is 17.5 Å². The molecule has 3 rings (SSSR count). The van der Waals surface area contributed by atoms with Gasteiger partial charge in [0.1, 0.15) is 11.8 Å². The lowest BCUT2D eigenvalue weighted by Crippen LogP contribution is -2.47. The highest BCUT2D eigenvalue weighted by atomic mass is 35.5. The van der Waals surface area contributed by atoms with Gasteiger partial charge in [0.05, 0.1) is 35.0 Å². The first-order valence-corrected chi connectivity index (χ1v) is 11.3. The summed E-state index contributed by atoms with van der Waals surface area (Å²) in [5.74, 6) is -0.510. The standard InChI is InChI=1S/C22H29ClN4O6/c1-21(32,14-28)13-26-18(29)11-25-27(20(26)31)15-6-7-17(23)16(10-15)19(30)24-12-22(33)8-4-2-3-5-9-22/h6-7,10-11,28,32-33H,2-5,8-9,12-14H2,1H3,(H,24,30). The summed E-state index contributed by atoms with van der Waals surface area (Å²) < 4.78 is 1.65. The molecule has 11 heteroatoms. The smallest absolute Gasteiger partial charge is 0.352 e. The topological polar surface area (TPSA) is 147 Å². The van der Waals surface area contributed by atoms with Gasteiger partial charge in [-0.2, -0.15) is 9.78 Å². The highest BCUT2D eigenvalue weighted by Crippen LogP contribution is 2.27. The first kappa shape index (κ1) is 25.1. The number of rotatable bonds is 7. The van der Waals surface area contributed by atoms with Crippen LogP contribution in [0.5, 0.6) is 0 Å². The number of hydrogen-bond acceptors (Lipinski definition) is 7. The molecule has 1 aromatic carbocycles. The van der Waals surface area contributed by atoms with Gasteiger partial charge < -0.3 is 20.6 Å².